The predicted octanol–water partition coefficient (Wildman–Crippen LogP) is 3.07. The molecule has 1 aromatic carbocycles. The number of aliphatic carboxylic acids is 1. The molecule has 3 nitrogen and oxygen atoms in total. The molecule has 0 aliphatic carbocycles. The summed E-state index contributed by atoms with van der Waals surface area (Å²) in [6.45, 7) is 4.23. The minimum Gasteiger partial charge on any atom is -0.481 e. The van der Waals surface area contributed by atoms with Gasteiger partial charge >= 0.3 is 5.97 Å². The van der Waals surface area contributed by atoms with Gasteiger partial charge in [0.05, 0.1) is 5.41 Å². The maximum absolute atomic E-state index is 11.3. The Balaban J connectivity index is 2.48. The summed E-state index contributed by atoms with van der Waals surface area (Å²) in [6.07, 6.45) is 0. The molecular formula is C12H14BrNO2. The maximum atomic E-state index is 11.3. The van der Waals surface area contributed by atoms with Crippen LogP contribution in [-0.4, -0.2) is 17.6 Å². The topological polar surface area (TPSA) is 49.3 Å². The second-order valence-electron chi connectivity index (χ2n) is 4.66. The van der Waals surface area contributed by atoms with Crippen LogP contribution in [0.5, 0.6) is 0 Å². The van der Waals surface area contributed by atoms with Crippen molar-refractivity contribution in [1.82, 2.24) is 0 Å². The first kappa shape index (κ1) is 11.5. The lowest BCUT2D eigenvalue weighted by Crippen LogP contribution is -2.32. The summed E-state index contributed by atoms with van der Waals surface area (Å²) in [5.41, 5.74) is 1.35. The summed E-state index contributed by atoms with van der Waals surface area (Å²) in [6, 6.07) is 5.89. The third-order valence-corrected chi connectivity index (χ3v) is 4.01. The van der Waals surface area contributed by atoms with E-state index < -0.39 is 11.4 Å². The number of nitrogens with one attached hydrogen (secondary N) is 1. The van der Waals surface area contributed by atoms with Crippen LogP contribution in [-0.2, 0) is 4.79 Å². The highest BCUT2D eigenvalue weighted by Gasteiger charge is 2.42. The van der Waals surface area contributed by atoms with E-state index in [1.165, 1.54) is 0 Å². The number of anilines is 1. The van der Waals surface area contributed by atoms with E-state index in [0.29, 0.717) is 6.54 Å². The van der Waals surface area contributed by atoms with Crippen molar-refractivity contribution in [1.29, 1.82) is 0 Å². The molecule has 0 radical (unpaired) electrons. The van der Waals surface area contributed by atoms with Crippen LogP contribution in [0.1, 0.15) is 25.3 Å². The van der Waals surface area contributed by atoms with E-state index in [1.54, 1.807) is 13.8 Å². The van der Waals surface area contributed by atoms with Crippen molar-refractivity contribution in [3.63, 3.8) is 0 Å². The summed E-state index contributed by atoms with van der Waals surface area (Å²) in [7, 11) is 0. The van der Waals surface area contributed by atoms with Gasteiger partial charge in [-0.1, -0.05) is 22.0 Å². The Morgan fingerprint density at radius 3 is 2.88 bits per heavy atom. The number of carboxylic acids is 1. The molecule has 1 heterocycles. The van der Waals surface area contributed by atoms with Gasteiger partial charge in [0.15, 0.2) is 0 Å². The highest BCUT2D eigenvalue weighted by atomic mass is 79.9. The Morgan fingerprint density at radius 2 is 2.25 bits per heavy atom. The van der Waals surface area contributed by atoms with E-state index in [2.05, 4.69) is 21.2 Å². The third kappa shape index (κ3) is 1.61. The maximum Gasteiger partial charge on any atom is 0.309 e. The average molecular weight is 284 g/mol. The summed E-state index contributed by atoms with van der Waals surface area (Å²) in [5, 5.41) is 12.5. The number of carbonyl (C=O) groups is 1. The lowest BCUT2D eigenvalue weighted by Gasteiger charge is -2.27. The van der Waals surface area contributed by atoms with E-state index in [4.69, 9.17) is 0 Å². The van der Waals surface area contributed by atoms with E-state index >= 15 is 0 Å². The second-order valence-corrected chi connectivity index (χ2v) is 5.52. The number of hydrogen-bond donors (Lipinski definition) is 2. The Kier molecular flexibility index (Phi) is 2.70. The zero-order valence-electron chi connectivity index (χ0n) is 9.25. The van der Waals surface area contributed by atoms with Crippen molar-refractivity contribution < 1.29 is 9.90 Å². The Morgan fingerprint density at radius 1 is 1.56 bits per heavy atom. The van der Waals surface area contributed by atoms with Gasteiger partial charge in [-0.3, -0.25) is 4.79 Å². The fourth-order valence-corrected chi connectivity index (χ4v) is 2.77. The van der Waals surface area contributed by atoms with E-state index in [1.807, 2.05) is 18.2 Å². The van der Waals surface area contributed by atoms with Gasteiger partial charge in [0.2, 0.25) is 0 Å². The molecule has 1 aromatic rings. The van der Waals surface area contributed by atoms with Crippen LogP contribution in [0.3, 0.4) is 0 Å². The highest BCUT2D eigenvalue weighted by molar-refractivity contribution is 9.10. The van der Waals surface area contributed by atoms with Gasteiger partial charge in [0, 0.05) is 22.6 Å². The molecule has 0 aromatic heterocycles. The molecule has 4 heteroatoms. The summed E-state index contributed by atoms with van der Waals surface area (Å²) in [4.78, 5) is 11.3. The smallest absolute Gasteiger partial charge is 0.309 e. The van der Waals surface area contributed by atoms with E-state index in [0.717, 1.165) is 15.7 Å². The molecule has 1 aliphatic rings. The number of benzene rings is 1. The first-order valence-corrected chi connectivity index (χ1v) is 5.99. The summed E-state index contributed by atoms with van der Waals surface area (Å²) >= 11 is 3.50. The van der Waals surface area contributed by atoms with Gasteiger partial charge in [-0.05, 0) is 31.5 Å². The molecule has 0 bridgehead atoms. The fourth-order valence-electron chi connectivity index (χ4n) is 2.12. The molecule has 0 amide bonds. The number of carboxylic acid groups (broad SMARTS) is 1. The van der Waals surface area contributed by atoms with Crippen molar-refractivity contribution in [3.05, 3.63) is 28.2 Å². The van der Waals surface area contributed by atoms with E-state index in [-0.39, 0.29) is 5.92 Å². The van der Waals surface area contributed by atoms with Crippen molar-refractivity contribution in [3.8, 4) is 0 Å². The predicted molar refractivity (Wildman–Crippen MR) is 66.8 cm³/mol. The largest absolute Gasteiger partial charge is 0.481 e. The Bertz CT molecular complexity index is 443. The first-order valence-electron chi connectivity index (χ1n) is 5.20. The van der Waals surface area contributed by atoms with Crippen molar-refractivity contribution in [2.75, 3.05) is 11.9 Å². The number of fused-ring (bicyclic) bond motifs is 1. The molecule has 2 rings (SSSR count). The minimum atomic E-state index is -0.762. The van der Waals surface area contributed by atoms with Crippen LogP contribution in [0.25, 0.3) is 0 Å². The van der Waals surface area contributed by atoms with Gasteiger partial charge in [-0.15, -0.1) is 0 Å². The normalized spacial score (nSPS) is 19.1. The van der Waals surface area contributed by atoms with Crippen molar-refractivity contribution in [2.45, 2.75) is 19.8 Å². The molecule has 2 N–H and O–H groups in total. The highest BCUT2D eigenvalue weighted by Crippen LogP contribution is 2.46. The molecule has 0 spiro atoms. The average Bonchev–Trinajstić information content (AvgIpc) is 2.63. The second kappa shape index (κ2) is 3.77. The Hall–Kier alpha value is -1.03. The van der Waals surface area contributed by atoms with Crippen molar-refractivity contribution >= 4 is 27.6 Å². The zero-order chi connectivity index (χ0) is 11.9. The molecule has 0 fully saturated rings. The third-order valence-electron chi connectivity index (χ3n) is 3.32. The number of rotatable bonds is 2. The van der Waals surface area contributed by atoms with Crippen LogP contribution in [0.15, 0.2) is 22.7 Å². The number of halogens is 1. The summed E-state index contributed by atoms with van der Waals surface area (Å²) < 4.78 is 0.981. The molecule has 0 saturated heterocycles. The van der Waals surface area contributed by atoms with Gasteiger partial charge in [-0.2, -0.15) is 0 Å². The molecular weight excluding hydrogens is 270 g/mol. The van der Waals surface area contributed by atoms with Crippen LogP contribution in [0, 0.1) is 5.41 Å². The molecule has 1 unspecified atom stereocenters. The standard InChI is InChI=1S/C12H14BrNO2/c1-12(2,11(15)16)7-6-14-9-5-3-4-8(13)10(7)9/h3-5,7,14H,6H2,1-2H3,(H,15,16). The summed E-state index contributed by atoms with van der Waals surface area (Å²) in [5.74, 6) is -0.765. The monoisotopic (exact) mass is 283 g/mol. The first-order chi connectivity index (χ1) is 7.44. The molecule has 16 heavy (non-hydrogen) atoms. The molecule has 0 saturated carbocycles. The van der Waals surface area contributed by atoms with Gasteiger partial charge in [0.1, 0.15) is 0 Å². The zero-order valence-corrected chi connectivity index (χ0v) is 10.8. The van der Waals surface area contributed by atoms with Crippen LogP contribution >= 0.6 is 15.9 Å². The van der Waals surface area contributed by atoms with Gasteiger partial charge < -0.3 is 10.4 Å². The van der Waals surface area contributed by atoms with Gasteiger partial charge in [-0.25, -0.2) is 0 Å². The lowest BCUT2D eigenvalue weighted by atomic mass is 9.76. The van der Waals surface area contributed by atoms with Crippen molar-refractivity contribution in [2.24, 2.45) is 5.41 Å². The molecule has 1 aliphatic heterocycles. The minimum absolute atomic E-state index is 0.00410. The molecule has 86 valence electrons. The quantitative estimate of drug-likeness (QED) is 0.877. The van der Waals surface area contributed by atoms with E-state index in [9.17, 15) is 9.90 Å². The lowest BCUT2D eigenvalue weighted by molar-refractivity contribution is -0.148. The van der Waals surface area contributed by atoms with Crippen LogP contribution < -0.4 is 5.32 Å². The fraction of sp³-hybridized carbons (Fsp3) is 0.417. The van der Waals surface area contributed by atoms with Crippen LogP contribution in [0.2, 0.25) is 0 Å². The number of hydrogen-bond acceptors (Lipinski definition) is 2. The van der Waals surface area contributed by atoms with Gasteiger partial charge in [0.25, 0.3) is 0 Å². The molecule has 1 atom stereocenters. The Labute approximate surface area is 103 Å². The SMILES string of the molecule is CC(C)(C(=O)O)C1CNc2cccc(Br)c21. The van der Waals surface area contributed by atoms with Crippen LogP contribution in [0.4, 0.5) is 5.69 Å².